The number of rotatable bonds is 6. The number of hydrogen-bond donors (Lipinski definition) is 0. The van der Waals surface area contributed by atoms with Crippen molar-refractivity contribution >= 4 is 0 Å². The third kappa shape index (κ3) is 2.48. The molecule has 0 saturated heterocycles. The molecule has 1 fully saturated rings. The van der Waals surface area contributed by atoms with Gasteiger partial charge >= 0.3 is 0 Å². The Morgan fingerprint density at radius 3 is 2.33 bits per heavy atom. The minimum atomic E-state index is 0.438. The fraction of sp³-hybridized carbons (Fsp3) is 1.00. The molecule has 0 spiro atoms. The van der Waals surface area contributed by atoms with Crippen LogP contribution in [0.4, 0.5) is 0 Å². The van der Waals surface area contributed by atoms with E-state index in [0.717, 1.165) is 6.54 Å². The van der Waals surface area contributed by atoms with E-state index >= 15 is 0 Å². The Labute approximate surface area is 76.9 Å². The van der Waals surface area contributed by atoms with Gasteiger partial charge in [0.2, 0.25) is 0 Å². The van der Waals surface area contributed by atoms with Gasteiger partial charge in [0.25, 0.3) is 0 Å². The lowest BCUT2D eigenvalue weighted by atomic mass is 9.75. The number of hydrogen-bond acceptors (Lipinski definition) is 0. The lowest BCUT2D eigenvalue weighted by Crippen LogP contribution is -2.45. The van der Waals surface area contributed by atoms with E-state index in [1.807, 2.05) is 0 Å². The Bertz CT molecular complexity index is 111. The summed E-state index contributed by atoms with van der Waals surface area (Å²) in [6, 6.07) is 0. The van der Waals surface area contributed by atoms with Crippen LogP contribution in [0.1, 0.15) is 58.8 Å². The van der Waals surface area contributed by atoms with E-state index in [-0.39, 0.29) is 0 Å². The fourth-order valence-corrected chi connectivity index (χ4v) is 1.89. The summed E-state index contributed by atoms with van der Waals surface area (Å²) in [6.45, 7) is 5.64. The van der Waals surface area contributed by atoms with Gasteiger partial charge in [-0.05, 0) is 32.1 Å². The van der Waals surface area contributed by atoms with Crippen LogP contribution in [-0.4, -0.2) is 12.1 Å². The van der Waals surface area contributed by atoms with E-state index in [0.29, 0.717) is 5.54 Å². The molecule has 1 heteroatoms. The van der Waals surface area contributed by atoms with Crippen LogP contribution in [0.2, 0.25) is 0 Å². The smallest absolute Gasteiger partial charge is 0.0354 e. The maximum absolute atomic E-state index is 4.82. The SMILES string of the molecule is CCCCC[N]C1(CC)CCC1. The van der Waals surface area contributed by atoms with E-state index in [4.69, 9.17) is 5.32 Å². The molecule has 0 unspecified atom stereocenters. The maximum atomic E-state index is 4.82. The van der Waals surface area contributed by atoms with Gasteiger partial charge in [0.05, 0.1) is 0 Å². The first-order valence-electron chi connectivity index (χ1n) is 5.51. The van der Waals surface area contributed by atoms with Gasteiger partial charge < -0.3 is 0 Å². The average molecular weight is 168 g/mol. The second-order valence-electron chi connectivity index (χ2n) is 4.02. The first-order valence-corrected chi connectivity index (χ1v) is 5.51. The van der Waals surface area contributed by atoms with Crippen LogP contribution >= 0.6 is 0 Å². The Kier molecular flexibility index (Phi) is 4.07. The molecule has 0 aliphatic heterocycles. The van der Waals surface area contributed by atoms with Crippen molar-refractivity contribution in [3.63, 3.8) is 0 Å². The van der Waals surface area contributed by atoms with Crippen molar-refractivity contribution in [2.24, 2.45) is 0 Å². The van der Waals surface area contributed by atoms with Crippen LogP contribution in [0.25, 0.3) is 0 Å². The summed E-state index contributed by atoms with van der Waals surface area (Å²) in [7, 11) is 0. The van der Waals surface area contributed by atoms with Crippen molar-refractivity contribution < 1.29 is 0 Å². The van der Waals surface area contributed by atoms with Crippen LogP contribution in [0, 0.1) is 0 Å². The first kappa shape index (κ1) is 10.0. The molecule has 1 saturated carbocycles. The summed E-state index contributed by atoms with van der Waals surface area (Å²) in [6.07, 6.45) is 9.35. The van der Waals surface area contributed by atoms with Crippen molar-refractivity contribution in [2.75, 3.05) is 6.54 Å². The average Bonchev–Trinajstić information content (AvgIpc) is 2.02. The molecule has 1 radical (unpaired) electrons. The monoisotopic (exact) mass is 168 g/mol. The van der Waals surface area contributed by atoms with Gasteiger partial charge in [-0.1, -0.05) is 26.7 Å². The van der Waals surface area contributed by atoms with E-state index in [9.17, 15) is 0 Å². The summed E-state index contributed by atoms with van der Waals surface area (Å²) in [4.78, 5) is 0. The van der Waals surface area contributed by atoms with Crippen molar-refractivity contribution in [2.45, 2.75) is 64.3 Å². The van der Waals surface area contributed by atoms with Crippen molar-refractivity contribution in [3.8, 4) is 0 Å². The Morgan fingerprint density at radius 1 is 1.17 bits per heavy atom. The second-order valence-corrected chi connectivity index (χ2v) is 4.02. The van der Waals surface area contributed by atoms with Gasteiger partial charge in [0.1, 0.15) is 0 Å². The quantitative estimate of drug-likeness (QED) is 0.541. The van der Waals surface area contributed by atoms with E-state index in [2.05, 4.69) is 13.8 Å². The molecule has 0 bridgehead atoms. The standard InChI is InChI=1S/C11H22N/c1-3-5-6-10-12-11(4-2)8-7-9-11/h3-10H2,1-2H3. The largest absolute Gasteiger partial charge is 0.235 e. The lowest BCUT2D eigenvalue weighted by Gasteiger charge is -2.40. The minimum absolute atomic E-state index is 0.438. The summed E-state index contributed by atoms with van der Waals surface area (Å²) >= 11 is 0. The number of nitrogens with zero attached hydrogens (tertiary/aromatic N) is 1. The van der Waals surface area contributed by atoms with Crippen molar-refractivity contribution in [1.82, 2.24) is 5.32 Å². The third-order valence-corrected chi connectivity index (χ3v) is 3.15. The van der Waals surface area contributed by atoms with Gasteiger partial charge in [-0.25, -0.2) is 5.32 Å². The summed E-state index contributed by atoms with van der Waals surface area (Å²) < 4.78 is 0. The molecule has 1 aliphatic rings. The summed E-state index contributed by atoms with van der Waals surface area (Å²) in [5.41, 5.74) is 0.438. The Balaban J connectivity index is 2.04. The molecule has 0 aromatic rings. The maximum Gasteiger partial charge on any atom is 0.0354 e. The molecule has 0 aromatic carbocycles. The second kappa shape index (κ2) is 4.86. The molecule has 1 nitrogen and oxygen atoms in total. The van der Waals surface area contributed by atoms with Gasteiger partial charge in [-0.2, -0.15) is 0 Å². The molecule has 0 heterocycles. The van der Waals surface area contributed by atoms with Crippen LogP contribution in [0.3, 0.4) is 0 Å². The molecule has 0 N–H and O–H groups in total. The van der Waals surface area contributed by atoms with Gasteiger partial charge in [0, 0.05) is 12.1 Å². The summed E-state index contributed by atoms with van der Waals surface area (Å²) in [5, 5.41) is 4.82. The summed E-state index contributed by atoms with van der Waals surface area (Å²) in [5.74, 6) is 0. The van der Waals surface area contributed by atoms with Crippen LogP contribution in [0.5, 0.6) is 0 Å². The van der Waals surface area contributed by atoms with Gasteiger partial charge in [-0.3, -0.25) is 0 Å². The van der Waals surface area contributed by atoms with Crippen LogP contribution in [0.15, 0.2) is 0 Å². The molecule has 0 aromatic heterocycles. The third-order valence-electron chi connectivity index (χ3n) is 3.15. The predicted molar refractivity (Wildman–Crippen MR) is 53.4 cm³/mol. The molecule has 12 heavy (non-hydrogen) atoms. The Hall–Kier alpha value is -0.0400. The van der Waals surface area contributed by atoms with Gasteiger partial charge in [-0.15, -0.1) is 0 Å². The van der Waals surface area contributed by atoms with Crippen molar-refractivity contribution in [1.29, 1.82) is 0 Å². The number of unbranched alkanes of at least 4 members (excludes halogenated alkanes) is 2. The molecular formula is C11H22N. The lowest BCUT2D eigenvalue weighted by molar-refractivity contribution is 0.171. The van der Waals surface area contributed by atoms with Crippen LogP contribution in [-0.2, 0) is 0 Å². The first-order chi connectivity index (χ1) is 5.83. The zero-order valence-electron chi connectivity index (χ0n) is 8.60. The van der Waals surface area contributed by atoms with Crippen LogP contribution < -0.4 is 5.32 Å². The Morgan fingerprint density at radius 2 is 1.92 bits per heavy atom. The highest BCUT2D eigenvalue weighted by atomic mass is 15.0. The topological polar surface area (TPSA) is 14.1 Å². The highest BCUT2D eigenvalue weighted by Crippen LogP contribution is 2.35. The minimum Gasteiger partial charge on any atom is -0.235 e. The molecule has 0 atom stereocenters. The zero-order valence-corrected chi connectivity index (χ0v) is 8.60. The highest BCUT2D eigenvalue weighted by Gasteiger charge is 2.35. The van der Waals surface area contributed by atoms with E-state index in [1.54, 1.807) is 0 Å². The molecule has 1 rings (SSSR count). The zero-order chi connectivity index (χ0) is 8.86. The normalized spacial score (nSPS) is 20.5. The predicted octanol–water partition coefficient (Wildman–Crippen LogP) is 3.11. The van der Waals surface area contributed by atoms with Gasteiger partial charge in [0.15, 0.2) is 0 Å². The molecule has 1 aliphatic carbocycles. The molecular weight excluding hydrogens is 146 g/mol. The molecule has 0 amide bonds. The molecule has 71 valence electrons. The van der Waals surface area contributed by atoms with Crippen molar-refractivity contribution in [3.05, 3.63) is 0 Å². The van der Waals surface area contributed by atoms with E-state index < -0.39 is 0 Å². The fourth-order valence-electron chi connectivity index (χ4n) is 1.89. The highest BCUT2D eigenvalue weighted by molar-refractivity contribution is 4.93. The van der Waals surface area contributed by atoms with E-state index in [1.165, 1.54) is 44.9 Å².